The fourth-order valence-corrected chi connectivity index (χ4v) is 3.56. The standard InChI is InChI=1S/C21H28N2O3/c1-17-7-5-8-18(15-17)25-14-10-21(24)22-16-19(20-9-6-13-26-20)23-11-3-2-4-12-23/h5-9,13,15,19H,2-4,10-12,14,16H2,1H3,(H,22,24)/p+1/t19-/m1/s1. The smallest absolute Gasteiger partial charge is 0.223 e. The molecule has 1 atom stereocenters. The van der Waals surface area contributed by atoms with Crippen LogP contribution in [0.1, 0.15) is 43.0 Å². The van der Waals surface area contributed by atoms with Crippen molar-refractivity contribution in [3.63, 3.8) is 0 Å². The first-order chi connectivity index (χ1) is 12.7. The minimum atomic E-state index is 0.0191. The third-order valence-corrected chi connectivity index (χ3v) is 4.97. The molecule has 0 bridgehead atoms. The lowest BCUT2D eigenvalue weighted by Crippen LogP contribution is -3.13. The summed E-state index contributed by atoms with van der Waals surface area (Å²) in [4.78, 5) is 13.7. The highest BCUT2D eigenvalue weighted by atomic mass is 16.5. The minimum Gasteiger partial charge on any atom is -0.493 e. The Bertz CT molecular complexity index is 678. The molecule has 1 saturated heterocycles. The molecule has 5 nitrogen and oxygen atoms in total. The molecular weight excluding hydrogens is 328 g/mol. The summed E-state index contributed by atoms with van der Waals surface area (Å²) in [6.45, 7) is 5.29. The Morgan fingerprint density at radius 3 is 2.81 bits per heavy atom. The molecule has 2 aromatic rings. The van der Waals surface area contributed by atoms with E-state index in [4.69, 9.17) is 9.15 Å². The van der Waals surface area contributed by atoms with Gasteiger partial charge in [0.1, 0.15) is 5.75 Å². The zero-order valence-corrected chi connectivity index (χ0v) is 15.5. The van der Waals surface area contributed by atoms with Crippen molar-refractivity contribution >= 4 is 5.91 Å². The number of likely N-dealkylation sites (tertiary alicyclic amines) is 1. The van der Waals surface area contributed by atoms with E-state index >= 15 is 0 Å². The van der Waals surface area contributed by atoms with Crippen LogP contribution in [-0.2, 0) is 4.79 Å². The Hall–Kier alpha value is -2.27. The van der Waals surface area contributed by atoms with Gasteiger partial charge in [-0.1, -0.05) is 12.1 Å². The van der Waals surface area contributed by atoms with Crippen molar-refractivity contribution in [2.24, 2.45) is 0 Å². The largest absolute Gasteiger partial charge is 0.493 e. The van der Waals surface area contributed by atoms with Crippen LogP contribution in [0, 0.1) is 6.92 Å². The van der Waals surface area contributed by atoms with E-state index < -0.39 is 0 Å². The number of nitrogens with one attached hydrogen (secondary N) is 2. The average Bonchev–Trinajstić information content (AvgIpc) is 3.17. The Morgan fingerprint density at radius 2 is 2.08 bits per heavy atom. The normalized spacial score (nSPS) is 16.2. The second-order valence-corrected chi connectivity index (χ2v) is 7.01. The summed E-state index contributed by atoms with van der Waals surface area (Å²) in [5, 5.41) is 3.07. The number of hydrogen-bond acceptors (Lipinski definition) is 3. The molecule has 0 unspecified atom stereocenters. The number of carbonyl (C=O) groups is 1. The number of rotatable bonds is 8. The summed E-state index contributed by atoms with van der Waals surface area (Å²) in [6.07, 6.45) is 5.85. The summed E-state index contributed by atoms with van der Waals surface area (Å²) in [5.74, 6) is 1.79. The summed E-state index contributed by atoms with van der Waals surface area (Å²) >= 11 is 0. The van der Waals surface area contributed by atoms with Crippen molar-refractivity contribution in [3.8, 4) is 5.75 Å². The van der Waals surface area contributed by atoms with Crippen molar-refractivity contribution in [2.75, 3.05) is 26.2 Å². The molecule has 1 aliphatic heterocycles. The highest BCUT2D eigenvalue weighted by Crippen LogP contribution is 2.13. The lowest BCUT2D eigenvalue weighted by Gasteiger charge is -2.30. The Labute approximate surface area is 155 Å². The first kappa shape index (κ1) is 18.5. The van der Waals surface area contributed by atoms with E-state index in [2.05, 4.69) is 5.32 Å². The van der Waals surface area contributed by atoms with Crippen molar-refractivity contribution < 1.29 is 18.8 Å². The number of benzene rings is 1. The predicted octanol–water partition coefficient (Wildman–Crippen LogP) is 2.28. The number of furan rings is 1. The number of amides is 1. The molecule has 0 saturated carbocycles. The maximum Gasteiger partial charge on any atom is 0.223 e. The molecule has 26 heavy (non-hydrogen) atoms. The van der Waals surface area contributed by atoms with Gasteiger partial charge in [0, 0.05) is 0 Å². The van der Waals surface area contributed by atoms with Gasteiger partial charge in [-0.25, -0.2) is 0 Å². The minimum absolute atomic E-state index is 0.0191. The molecule has 1 aliphatic rings. The van der Waals surface area contributed by atoms with Crippen molar-refractivity contribution in [3.05, 3.63) is 54.0 Å². The van der Waals surface area contributed by atoms with E-state index in [0.717, 1.165) is 30.2 Å². The molecule has 0 spiro atoms. The third-order valence-electron chi connectivity index (χ3n) is 4.97. The molecule has 5 heteroatoms. The van der Waals surface area contributed by atoms with Gasteiger partial charge in [-0.3, -0.25) is 4.79 Å². The number of ether oxygens (including phenoxy) is 1. The van der Waals surface area contributed by atoms with E-state index in [-0.39, 0.29) is 11.9 Å². The van der Waals surface area contributed by atoms with Gasteiger partial charge < -0.3 is 19.4 Å². The molecular formula is C21H29N2O3+. The van der Waals surface area contributed by atoms with Gasteiger partial charge in [-0.15, -0.1) is 0 Å². The van der Waals surface area contributed by atoms with Gasteiger partial charge in [0.15, 0.2) is 11.8 Å². The zero-order valence-electron chi connectivity index (χ0n) is 15.5. The highest BCUT2D eigenvalue weighted by Gasteiger charge is 2.28. The van der Waals surface area contributed by atoms with Gasteiger partial charge >= 0.3 is 0 Å². The lowest BCUT2D eigenvalue weighted by atomic mass is 10.1. The number of piperidine rings is 1. The van der Waals surface area contributed by atoms with E-state index in [1.807, 2.05) is 43.3 Å². The lowest BCUT2D eigenvalue weighted by molar-refractivity contribution is -0.936. The zero-order chi connectivity index (χ0) is 18.2. The maximum absolute atomic E-state index is 12.2. The van der Waals surface area contributed by atoms with Crippen LogP contribution in [0.25, 0.3) is 0 Å². The van der Waals surface area contributed by atoms with Crippen LogP contribution in [0.5, 0.6) is 5.75 Å². The van der Waals surface area contributed by atoms with E-state index in [1.165, 1.54) is 24.2 Å². The van der Waals surface area contributed by atoms with Gasteiger partial charge in [0.2, 0.25) is 5.91 Å². The van der Waals surface area contributed by atoms with Gasteiger partial charge in [0.05, 0.1) is 38.9 Å². The molecule has 1 aromatic carbocycles. The van der Waals surface area contributed by atoms with Crippen LogP contribution >= 0.6 is 0 Å². The van der Waals surface area contributed by atoms with Crippen LogP contribution in [0.2, 0.25) is 0 Å². The third kappa shape index (κ3) is 5.36. The molecule has 140 valence electrons. The highest BCUT2D eigenvalue weighted by molar-refractivity contribution is 5.76. The van der Waals surface area contributed by atoms with Crippen LogP contribution < -0.4 is 15.0 Å². The second-order valence-electron chi connectivity index (χ2n) is 7.01. The molecule has 2 heterocycles. The van der Waals surface area contributed by atoms with Gasteiger partial charge in [-0.2, -0.15) is 0 Å². The Kier molecular flexibility index (Phi) is 6.72. The summed E-state index contributed by atoms with van der Waals surface area (Å²) in [5.41, 5.74) is 1.15. The molecule has 0 radical (unpaired) electrons. The Morgan fingerprint density at radius 1 is 1.23 bits per heavy atom. The molecule has 1 fully saturated rings. The van der Waals surface area contributed by atoms with E-state index in [9.17, 15) is 4.79 Å². The van der Waals surface area contributed by atoms with Gasteiger partial charge in [-0.05, 0) is 56.0 Å². The fourth-order valence-electron chi connectivity index (χ4n) is 3.56. The summed E-state index contributed by atoms with van der Waals surface area (Å²) < 4.78 is 11.3. The molecule has 1 aromatic heterocycles. The van der Waals surface area contributed by atoms with Crippen molar-refractivity contribution in [1.29, 1.82) is 0 Å². The topological polar surface area (TPSA) is 55.9 Å². The van der Waals surface area contributed by atoms with Crippen LogP contribution in [0.4, 0.5) is 0 Å². The number of quaternary nitrogens is 1. The molecule has 0 aliphatic carbocycles. The summed E-state index contributed by atoms with van der Waals surface area (Å²) in [7, 11) is 0. The average molecular weight is 357 g/mol. The first-order valence-corrected chi connectivity index (χ1v) is 9.56. The number of carbonyl (C=O) groups excluding carboxylic acids is 1. The Balaban J connectivity index is 1.46. The SMILES string of the molecule is Cc1cccc(OCCC(=O)NC[C@H](c2ccco2)[NH+]2CCCCC2)c1. The number of aryl methyl sites for hydroxylation is 1. The van der Waals surface area contributed by atoms with Crippen LogP contribution in [-0.4, -0.2) is 32.1 Å². The first-order valence-electron chi connectivity index (χ1n) is 9.56. The van der Waals surface area contributed by atoms with E-state index in [0.29, 0.717) is 19.6 Å². The fraction of sp³-hybridized carbons (Fsp3) is 0.476. The van der Waals surface area contributed by atoms with Crippen molar-refractivity contribution in [2.45, 2.75) is 38.6 Å². The van der Waals surface area contributed by atoms with Gasteiger partial charge in [0.25, 0.3) is 0 Å². The second kappa shape index (κ2) is 9.43. The monoisotopic (exact) mass is 357 g/mol. The van der Waals surface area contributed by atoms with Crippen LogP contribution in [0.15, 0.2) is 47.1 Å². The quantitative estimate of drug-likeness (QED) is 0.762. The van der Waals surface area contributed by atoms with Crippen LogP contribution in [0.3, 0.4) is 0 Å². The maximum atomic E-state index is 12.2. The predicted molar refractivity (Wildman–Crippen MR) is 100 cm³/mol. The molecule has 2 N–H and O–H groups in total. The summed E-state index contributed by atoms with van der Waals surface area (Å²) in [6, 6.07) is 12.0. The molecule has 3 rings (SSSR count). The number of hydrogen-bond donors (Lipinski definition) is 2. The van der Waals surface area contributed by atoms with Crippen molar-refractivity contribution in [1.82, 2.24) is 5.32 Å². The van der Waals surface area contributed by atoms with E-state index in [1.54, 1.807) is 6.26 Å². The molecule has 1 amide bonds.